The first-order chi connectivity index (χ1) is 11.1. The van der Waals surface area contributed by atoms with Crippen LogP contribution in [0.2, 0.25) is 0 Å². The minimum Gasteiger partial charge on any atom is -0.497 e. The summed E-state index contributed by atoms with van der Waals surface area (Å²) in [5, 5.41) is 14.0. The molecule has 1 aliphatic rings. The van der Waals surface area contributed by atoms with Crippen LogP contribution in [0.3, 0.4) is 0 Å². The molecule has 0 aliphatic heterocycles. The number of methoxy groups -OCH3 is 1. The van der Waals surface area contributed by atoms with E-state index in [1.807, 2.05) is 0 Å². The smallest absolute Gasteiger partial charge is 0.282 e. The predicted molar refractivity (Wildman–Crippen MR) is 93.8 cm³/mol. The van der Waals surface area contributed by atoms with Crippen LogP contribution >= 0.6 is 12.4 Å². The average molecular weight is 358 g/mol. The SMILES string of the molecule is COc1ccc([N+](=O)[O-])c(C(=O)NC(CN)C2CCCCC2)c1.Cl. The lowest BCUT2D eigenvalue weighted by molar-refractivity contribution is -0.385. The molecule has 24 heavy (non-hydrogen) atoms. The molecule has 134 valence electrons. The first-order valence-corrected chi connectivity index (χ1v) is 7.90. The second-order valence-corrected chi connectivity index (χ2v) is 5.85. The monoisotopic (exact) mass is 357 g/mol. The molecule has 0 aromatic heterocycles. The number of halogens is 1. The molecule has 0 spiro atoms. The molecule has 1 aliphatic carbocycles. The van der Waals surface area contributed by atoms with Crippen molar-refractivity contribution in [3.05, 3.63) is 33.9 Å². The summed E-state index contributed by atoms with van der Waals surface area (Å²) in [5.41, 5.74) is 5.58. The van der Waals surface area contributed by atoms with Gasteiger partial charge in [0.2, 0.25) is 0 Å². The Balaban J connectivity index is 0.00000288. The number of carbonyl (C=O) groups is 1. The molecule has 1 fully saturated rings. The Morgan fingerprint density at radius 2 is 2.08 bits per heavy atom. The van der Waals surface area contributed by atoms with Crippen LogP contribution in [0, 0.1) is 16.0 Å². The Kier molecular flexibility index (Phi) is 7.94. The highest BCUT2D eigenvalue weighted by molar-refractivity contribution is 5.98. The molecule has 1 aromatic rings. The van der Waals surface area contributed by atoms with Gasteiger partial charge in [0.05, 0.1) is 12.0 Å². The van der Waals surface area contributed by atoms with E-state index < -0.39 is 10.8 Å². The highest BCUT2D eigenvalue weighted by Crippen LogP contribution is 2.28. The first-order valence-electron chi connectivity index (χ1n) is 7.90. The normalized spacial score (nSPS) is 15.9. The third kappa shape index (κ3) is 4.82. The molecule has 0 radical (unpaired) electrons. The number of nitro groups is 1. The van der Waals surface area contributed by atoms with Crippen molar-refractivity contribution in [2.24, 2.45) is 11.7 Å². The van der Waals surface area contributed by atoms with E-state index in [1.54, 1.807) is 0 Å². The van der Waals surface area contributed by atoms with Crippen molar-refractivity contribution in [2.75, 3.05) is 13.7 Å². The van der Waals surface area contributed by atoms with Crippen molar-refractivity contribution in [1.29, 1.82) is 0 Å². The molecule has 1 unspecified atom stereocenters. The standard InChI is InChI=1S/C16H23N3O4.ClH/c1-23-12-7-8-15(19(21)22)13(9-12)16(20)18-14(10-17)11-5-3-2-4-6-11;/h7-9,11,14H,2-6,10,17H2,1H3,(H,18,20);1H. The molecule has 7 nitrogen and oxygen atoms in total. The van der Waals surface area contributed by atoms with Crippen LogP contribution < -0.4 is 15.8 Å². The number of carbonyl (C=O) groups excluding carboxylic acids is 1. The zero-order chi connectivity index (χ0) is 16.8. The Morgan fingerprint density at radius 1 is 1.42 bits per heavy atom. The molecular weight excluding hydrogens is 334 g/mol. The summed E-state index contributed by atoms with van der Waals surface area (Å²) in [6, 6.07) is 3.98. The highest BCUT2D eigenvalue weighted by Gasteiger charge is 2.27. The summed E-state index contributed by atoms with van der Waals surface area (Å²) in [4.78, 5) is 23.1. The first kappa shape index (κ1) is 20.2. The Labute approximate surface area is 147 Å². The molecule has 0 heterocycles. The second kappa shape index (κ2) is 9.44. The van der Waals surface area contributed by atoms with Crippen LogP contribution in [0.1, 0.15) is 42.5 Å². The fourth-order valence-corrected chi connectivity index (χ4v) is 3.14. The minimum atomic E-state index is -0.563. The van der Waals surface area contributed by atoms with Gasteiger partial charge in [0, 0.05) is 18.7 Å². The molecule has 1 saturated carbocycles. The van der Waals surface area contributed by atoms with Crippen LogP contribution in [0.4, 0.5) is 5.69 Å². The number of nitrogens with two attached hydrogens (primary N) is 1. The number of nitrogens with one attached hydrogen (secondary N) is 1. The second-order valence-electron chi connectivity index (χ2n) is 5.85. The summed E-state index contributed by atoms with van der Waals surface area (Å²) < 4.78 is 5.06. The quantitative estimate of drug-likeness (QED) is 0.601. The van der Waals surface area contributed by atoms with Gasteiger partial charge in [-0.1, -0.05) is 19.3 Å². The van der Waals surface area contributed by atoms with Crippen molar-refractivity contribution >= 4 is 24.0 Å². The van der Waals surface area contributed by atoms with Gasteiger partial charge in [-0.05, 0) is 30.9 Å². The summed E-state index contributed by atoms with van der Waals surface area (Å²) in [6.45, 7) is 0.328. The summed E-state index contributed by atoms with van der Waals surface area (Å²) in [5.74, 6) is 0.265. The molecule has 0 saturated heterocycles. The van der Waals surface area contributed by atoms with E-state index >= 15 is 0 Å². The van der Waals surface area contributed by atoms with E-state index in [0.717, 1.165) is 25.7 Å². The number of nitro benzene ring substituents is 1. The van der Waals surface area contributed by atoms with Gasteiger partial charge in [0.15, 0.2) is 0 Å². The van der Waals surface area contributed by atoms with Crippen molar-refractivity contribution in [3.63, 3.8) is 0 Å². The van der Waals surface area contributed by atoms with Gasteiger partial charge in [-0.3, -0.25) is 14.9 Å². The zero-order valence-electron chi connectivity index (χ0n) is 13.7. The average Bonchev–Trinajstić information content (AvgIpc) is 2.59. The number of amides is 1. The highest BCUT2D eigenvalue weighted by atomic mass is 35.5. The van der Waals surface area contributed by atoms with E-state index in [2.05, 4.69) is 5.32 Å². The fraction of sp³-hybridized carbons (Fsp3) is 0.562. The minimum absolute atomic E-state index is 0. The number of rotatable bonds is 6. The maximum absolute atomic E-state index is 12.5. The van der Waals surface area contributed by atoms with Crippen LogP contribution in [-0.2, 0) is 0 Å². The number of benzene rings is 1. The van der Waals surface area contributed by atoms with Gasteiger partial charge >= 0.3 is 0 Å². The maximum atomic E-state index is 12.5. The topological polar surface area (TPSA) is 107 Å². The third-order valence-electron chi connectivity index (χ3n) is 4.43. The van der Waals surface area contributed by atoms with Gasteiger partial charge in [-0.15, -0.1) is 12.4 Å². The van der Waals surface area contributed by atoms with Gasteiger partial charge in [0.25, 0.3) is 11.6 Å². The van der Waals surface area contributed by atoms with Gasteiger partial charge in [-0.25, -0.2) is 0 Å². The molecule has 3 N–H and O–H groups in total. The van der Waals surface area contributed by atoms with E-state index in [9.17, 15) is 14.9 Å². The molecule has 1 amide bonds. The Morgan fingerprint density at radius 3 is 2.62 bits per heavy atom. The molecule has 1 atom stereocenters. The summed E-state index contributed by atoms with van der Waals surface area (Å²) >= 11 is 0. The number of hydrogen-bond donors (Lipinski definition) is 2. The van der Waals surface area contributed by atoms with Crippen molar-refractivity contribution in [1.82, 2.24) is 5.32 Å². The van der Waals surface area contributed by atoms with E-state index in [0.29, 0.717) is 18.2 Å². The van der Waals surface area contributed by atoms with Gasteiger partial charge in [0.1, 0.15) is 11.3 Å². The lowest BCUT2D eigenvalue weighted by atomic mass is 9.84. The molecule has 0 bridgehead atoms. The third-order valence-corrected chi connectivity index (χ3v) is 4.43. The van der Waals surface area contributed by atoms with Crippen LogP contribution in [0.25, 0.3) is 0 Å². The molecule has 2 rings (SSSR count). The Bertz CT molecular complexity index is 576. The number of nitrogens with zero attached hydrogens (tertiary/aromatic N) is 1. The van der Waals surface area contributed by atoms with Crippen molar-refractivity contribution < 1.29 is 14.5 Å². The van der Waals surface area contributed by atoms with Gasteiger partial charge < -0.3 is 15.8 Å². The molecule has 1 aromatic carbocycles. The Hall–Kier alpha value is -1.86. The summed E-state index contributed by atoms with van der Waals surface area (Å²) in [6.07, 6.45) is 5.54. The van der Waals surface area contributed by atoms with Crippen molar-refractivity contribution in [3.8, 4) is 5.75 Å². The van der Waals surface area contributed by atoms with E-state index in [1.165, 1.54) is 31.7 Å². The van der Waals surface area contributed by atoms with Crippen LogP contribution in [-0.4, -0.2) is 30.5 Å². The van der Waals surface area contributed by atoms with Gasteiger partial charge in [-0.2, -0.15) is 0 Å². The van der Waals surface area contributed by atoms with E-state index in [-0.39, 0.29) is 29.7 Å². The maximum Gasteiger partial charge on any atom is 0.282 e. The number of hydrogen-bond acceptors (Lipinski definition) is 5. The van der Waals surface area contributed by atoms with Crippen molar-refractivity contribution in [2.45, 2.75) is 38.1 Å². The number of ether oxygens (including phenoxy) is 1. The van der Waals surface area contributed by atoms with Crippen LogP contribution in [0.15, 0.2) is 18.2 Å². The lowest BCUT2D eigenvalue weighted by Gasteiger charge is -2.30. The summed E-state index contributed by atoms with van der Waals surface area (Å²) in [7, 11) is 1.45. The zero-order valence-corrected chi connectivity index (χ0v) is 14.5. The lowest BCUT2D eigenvalue weighted by Crippen LogP contribution is -2.46. The molecular formula is C16H24ClN3O4. The van der Waals surface area contributed by atoms with E-state index in [4.69, 9.17) is 10.5 Å². The fourth-order valence-electron chi connectivity index (χ4n) is 3.14. The largest absolute Gasteiger partial charge is 0.497 e. The molecule has 8 heteroatoms. The predicted octanol–water partition coefficient (Wildman–Crippen LogP) is 2.66. The van der Waals surface area contributed by atoms with Crippen LogP contribution in [0.5, 0.6) is 5.75 Å².